The van der Waals surface area contributed by atoms with Crippen molar-refractivity contribution in [1.82, 2.24) is 5.32 Å². The molecular formula is C15H22F3N. The van der Waals surface area contributed by atoms with Gasteiger partial charge in [-0.05, 0) is 43.0 Å². The van der Waals surface area contributed by atoms with Crippen LogP contribution in [0, 0.1) is 5.41 Å². The van der Waals surface area contributed by atoms with E-state index in [4.69, 9.17) is 0 Å². The lowest BCUT2D eigenvalue weighted by atomic mass is 9.86. The lowest BCUT2D eigenvalue weighted by Crippen LogP contribution is -2.32. The summed E-state index contributed by atoms with van der Waals surface area (Å²) >= 11 is 0. The van der Waals surface area contributed by atoms with E-state index in [1.165, 1.54) is 0 Å². The van der Waals surface area contributed by atoms with Crippen LogP contribution in [0.2, 0.25) is 0 Å². The zero-order valence-corrected chi connectivity index (χ0v) is 11.9. The fraction of sp³-hybridized carbons (Fsp3) is 0.600. The summed E-state index contributed by atoms with van der Waals surface area (Å²) in [6, 6.07) is 5.71. The fourth-order valence-corrected chi connectivity index (χ4v) is 2.13. The zero-order chi connectivity index (χ0) is 14.7. The van der Waals surface area contributed by atoms with Crippen molar-refractivity contribution in [2.24, 2.45) is 5.41 Å². The van der Waals surface area contributed by atoms with Gasteiger partial charge in [0.1, 0.15) is 0 Å². The van der Waals surface area contributed by atoms with Crippen molar-refractivity contribution in [1.29, 1.82) is 0 Å². The van der Waals surface area contributed by atoms with E-state index in [-0.39, 0.29) is 11.5 Å². The van der Waals surface area contributed by atoms with Gasteiger partial charge in [0.25, 0.3) is 0 Å². The molecule has 4 heteroatoms. The number of halogens is 3. The standard InChI is InChI=1S/C15H22F3N/c1-14(2,3)10-13(19-4)9-11-5-7-12(8-6-11)15(16,17)18/h5-8,13,19H,9-10H2,1-4H3. The highest BCUT2D eigenvalue weighted by Gasteiger charge is 2.30. The van der Waals surface area contributed by atoms with E-state index < -0.39 is 11.7 Å². The first-order chi connectivity index (χ1) is 8.62. The molecule has 0 aliphatic heterocycles. The Morgan fingerprint density at radius 3 is 1.95 bits per heavy atom. The lowest BCUT2D eigenvalue weighted by molar-refractivity contribution is -0.137. The van der Waals surface area contributed by atoms with Gasteiger partial charge in [-0.15, -0.1) is 0 Å². The van der Waals surface area contributed by atoms with Crippen molar-refractivity contribution in [3.05, 3.63) is 35.4 Å². The Balaban J connectivity index is 2.71. The average Bonchev–Trinajstić information content (AvgIpc) is 2.26. The Morgan fingerprint density at radius 1 is 1.05 bits per heavy atom. The first kappa shape index (κ1) is 16.0. The second kappa shape index (κ2) is 5.95. The van der Waals surface area contributed by atoms with Crippen LogP contribution in [0.1, 0.15) is 38.3 Å². The third-order valence-corrected chi connectivity index (χ3v) is 3.03. The molecule has 1 rings (SSSR count). The predicted octanol–water partition coefficient (Wildman–Crippen LogP) is 4.27. The Bertz CT molecular complexity index is 387. The first-order valence-electron chi connectivity index (χ1n) is 6.45. The molecule has 0 radical (unpaired) electrons. The van der Waals surface area contributed by atoms with Crippen molar-refractivity contribution < 1.29 is 13.2 Å². The molecule has 1 unspecified atom stereocenters. The highest BCUT2D eigenvalue weighted by molar-refractivity contribution is 5.25. The molecule has 1 nitrogen and oxygen atoms in total. The number of benzene rings is 1. The van der Waals surface area contributed by atoms with Crippen LogP contribution in [0.4, 0.5) is 13.2 Å². The molecule has 0 aromatic heterocycles. The summed E-state index contributed by atoms with van der Waals surface area (Å²) in [6.07, 6.45) is -2.54. The van der Waals surface area contributed by atoms with Crippen LogP contribution in [0.15, 0.2) is 24.3 Å². The molecule has 0 aliphatic carbocycles. The molecule has 1 atom stereocenters. The Kier molecular flexibility index (Phi) is 5.02. The summed E-state index contributed by atoms with van der Waals surface area (Å²) in [7, 11) is 1.89. The molecule has 0 spiro atoms. The van der Waals surface area contributed by atoms with E-state index in [0.29, 0.717) is 0 Å². The summed E-state index contributed by atoms with van der Waals surface area (Å²) in [4.78, 5) is 0. The molecule has 0 fully saturated rings. The Hall–Kier alpha value is -1.03. The van der Waals surface area contributed by atoms with Gasteiger partial charge in [0, 0.05) is 6.04 Å². The summed E-state index contributed by atoms with van der Waals surface area (Å²) in [6.45, 7) is 6.47. The summed E-state index contributed by atoms with van der Waals surface area (Å²) in [5.41, 5.74) is 0.532. The van der Waals surface area contributed by atoms with Gasteiger partial charge in [0.2, 0.25) is 0 Å². The molecule has 0 bridgehead atoms. The summed E-state index contributed by atoms with van der Waals surface area (Å²) in [5.74, 6) is 0. The van der Waals surface area contributed by atoms with Gasteiger partial charge in [-0.1, -0.05) is 32.9 Å². The molecule has 1 N–H and O–H groups in total. The minimum absolute atomic E-state index is 0.194. The van der Waals surface area contributed by atoms with E-state index in [0.717, 1.165) is 30.5 Å². The van der Waals surface area contributed by atoms with Crippen LogP contribution in [-0.2, 0) is 12.6 Å². The molecule has 0 aliphatic rings. The second-order valence-corrected chi connectivity index (χ2v) is 6.15. The molecule has 1 aromatic rings. The van der Waals surface area contributed by atoms with Crippen LogP contribution in [-0.4, -0.2) is 13.1 Å². The van der Waals surface area contributed by atoms with Crippen molar-refractivity contribution in [3.63, 3.8) is 0 Å². The van der Waals surface area contributed by atoms with Crippen molar-refractivity contribution in [2.45, 2.75) is 45.8 Å². The summed E-state index contributed by atoms with van der Waals surface area (Å²) in [5, 5.41) is 3.23. The number of rotatable bonds is 4. The van der Waals surface area contributed by atoms with Gasteiger partial charge >= 0.3 is 6.18 Å². The molecule has 0 saturated carbocycles. The third-order valence-electron chi connectivity index (χ3n) is 3.03. The smallest absolute Gasteiger partial charge is 0.317 e. The highest BCUT2D eigenvalue weighted by atomic mass is 19.4. The number of nitrogens with one attached hydrogen (secondary N) is 1. The van der Waals surface area contributed by atoms with Crippen LogP contribution in [0.5, 0.6) is 0 Å². The monoisotopic (exact) mass is 273 g/mol. The van der Waals surface area contributed by atoms with Crippen LogP contribution >= 0.6 is 0 Å². The average molecular weight is 273 g/mol. The van der Waals surface area contributed by atoms with Gasteiger partial charge in [-0.3, -0.25) is 0 Å². The minimum Gasteiger partial charge on any atom is -0.317 e. The molecule has 0 saturated heterocycles. The SMILES string of the molecule is CNC(Cc1ccc(C(F)(F)F)cc1)CC(C)(C)C. The molecular weight excluding hydrogens is 251 g/mol. The van der Waals surface area contributed by atoms with Crippen molar-refractivity contribution in [2.75, 3.05) is 7.05 Å². The molecule has 0 heterocycles. The maximum Gasteiger partial charge on any atom is 0.416 e. The van der Waals surface area contributed by atoms with Crippen LogP contribution in [0.3, 0.4) is 0 Å². The fourth-order valence-electron chi connectivity index (χ4n) is 2.13. The Morgan fingerprint density at radius 2 is 1.58 bits per heavy atom. The van der Waals surface area contributed by atoms with Crippen molar-refractivity contribution in [3.8, 4) is 0 Å². The van der Waals surface area contributed by atoms with Crippen LogP contribution in [0.25, 0.3) is 0 Å². The van der Waals surface area contributed by atoms with E-state index in [2.05, 4.69) is 26.1 Å². The maximum absolute atomic E-state index is 12.5. The molecule has 108 valence electrons. The Labute approximate surface area is 113 Å². The first-order valence-corrected chi connectivity index (χ1v) is 6.45. The highest BCUT2D eigenvalue weighted by Crippen LogP contribution is 2.29. The summed E-state index contributed by atoms with van der Waals surface area (Å²) < 4.78 is 37.4. The topological polar surface area (TPSA) is 12.0 Å². The van der Waals surface area contributed by atoms with Crippen molar-refractivity contribution >= 4 is 0 Å². The third kappa shape index (κ3) is 5.64. The van der Waals surface area contributed by atoms with Gasteiger partial charge < -0.3 is 5.32 Å². The van der Waals surface area contributed by atoms with E-state index in [1.54, 1.807) is 12.1 Å². The van der Waals surface area contributed by atoms with Gasteiger partial charge in [-0.25, -0.2) is 0 Å². The van der Waals surface area contributed by atoms with E-state index in [9.17, 15) is 13.2 Å². The van der Waals surface area contributed by atoms with E-state index >= 15 is 0 Å². The zero-order valence-electron chi connectivity index (χ0n) is 11.9. The number of likely N-dealkylation sites (N-methyl/N-ethyl adjacent to an activating group) is 1. The normalized spacial score (nSPS) is 14.5. The lowest BCUT2D eigenvalue weighted by Gasteiger charge is -2.26. The maximum atomic E-state index is 12.5. The molecule has 0 amide bonds. The number of hydrogen-bond acceptors (Lipinski definition) is 1. The van der Waals surface area contributed by atoms with Crippen LogP contribution < -0.4 is 5.32 Å². The second-order valence-electron chi connectivity index (χ2n) is 6.15. The van der Waals surface area contributed by atoms with Gasteiger partial charge in [0.15, 0.2) is 0 Å². The van der Waals surface area contributed by atoms with Gasteiger partial charge in [0.05, 0.1) is 5.56 Å². The quantitative estimate of drug-likeness (QED) is 0.863. The number of alkyl halides is 3. The minimum atomic E-state index is -4.26. The number of hydrogen-bond donors (Lipinski definition) is 1. The molecule has 1 aromatic carbocycles. The predicted molar refractivity (Wildman–Crippen MR) is 72.1 cm³/mol. The van der Waals surface area contributed by atoms with Gasteiger partial charge in [-0.2, -0.15) is 13.2 Å². The molecule has 19 heavy (non-hydrogen) atoms. The van der Waals surface area contributed by atoms with E-state index in [1.807, 2.05) is 7.05 Å². The largest absolute Gasteiger partial charge is 0.416 e.